The molecule has 0 aliphatic heterocycles. The molecule has 0 atom stereocenters. The SMILES string of the molecule is Cc1nc(CCn2c(N)nc3cccc(C)c32)cs1. The van der Waals surface area contributed by atoms with Crippen molar-refractivity contribution in [3.8, 4) is 0 Å². The van der Waals surface area contributed by atoms with Crippen molar-refractivity contribution in [3.05, 3.63) is 39.8 Å². The van der Waals surface area contributed by atoms with E-state index in [-0.39, 0.29) is 0 Å². The van der Waals surface area contributed by atoms with Gasteiger partial charge in [-0.25, -0.2) is 9.97 Å². The highest BCUT2D eigenvalue weighted by atomic mass is 32.1. The minimum atomic E-state index is 0.580. The van der Waals surface area contributed by atoms with Crippen LogP contribution in [0.15, 0.2) is 23.6 Å². The van der Waals surface area contributed by atoms with E-state index in [1.54, 1.807) is 11.3 Å². The third-order valence-electron chi connectivity index (χ3n) is 3.26. The second-order valence-corrected chi connectivity index (χ2v) is 5.73. The predicted molar refractivity (Wildman–Crippen MR) is 79.4 cm³/mol. The normalized spacial score (nSPS) is 11.3. The Morgan fingerprint density at radius 2 is 2.11 bits per heavy atom. The molecule has 3 aromatic rings. The van der Waals surface area contributed by atoms with Crippen molar-refractivity contribution < 1.29 is 0 Å². The van der Waals surface area contributed by atoms with Crippen molar-refractivity contribution in [2.45, 2.75) is 26.8 Å². The van der Waals surface area contributed by atoms with Gasteiger partial charge in [0.15, 0.2) is 0 Å². The Morgan fingerprint density at radius 1 is 1.26 bits per heavy atom. The monoisotopic (exact) mass is 272 g/mol. The van der Waals surface area contributed by atoms with Crippen LogP contribution in [-0.4, -0.2) is 14.5 Å². The number of rotatable bonds is 3. The maximum atomic E-state index is 6.03. The summed E-state index contributed by atoms with van der Waals surface area (Å²) in [7, 11) is 0. The van der Waals surface area contributed by atoms with Crippen LogP contribution in [0.4, 0.5) is 5.95 Å². The van der Waals surface area contributed by atoms with Gasteiger partial charge >= 0.3 is 0 Å². The molecular weight excluding hydrogens is 256 g/mol. The lowest BCUT2D eigenvalue weighted by molar-refractivity contribution is 0.714. The zero-order chi connectivity index (χ0) is 13.4. The number of aryl methyl sites for hydroxylation is 4. The quantitative estimate of drug-likeness (QED) is 0.797. The highest BCUT2D eigenvalue weighted by molar-refractivity contribution is 7.09. The molecule has 4 nitrogen and oxygen atoms in total. The molecule has 5 heteroatoms. The van der Waals surface area contributed by atoms with E-state index >= 15 is 0 Å². The smallest absolute Gasteiger partial charge is 0.201 e. The van der Waals surface area contributed by atoms with Crippen molar-refractivity contribution in [1.82, 2.24) is 14.5 Å². The Labute approximate surface area is 115 Å². The Kier molecular flexibility index (Phi) is 2.98. The highest BCUT2D eigenvalue weighted by Gasteiger charge is 2.10. The van der Waals surface area contributed by atoms with Crippen molar-refractivity contribution in [3.63, 3.8) is 0 Å². The molecule has 0 radical (unpaired) electrons. The van der Waals surface area contributed by atoms with E-state index in [1.807, 2.05) is 19.1 Å². The number of aromatic nitrogens is 3. The number of imidazole rings is 1. The van der Waals surface area contributed by atoms with Gasteiger partial charge in [-0.15, -0.1) is 11.3 Å². The molecule has 1 aromatic carbocycles. The van der Waals surface area contributed by atoms with Crippen LogP contribution in [0.3, 0.4) is 0 Å². The average Bonchev–Trinajstić information content (AvgIpc) is 2.91. The molecule has 0 spiro atoms. The molecule has 0 fully saturated rings. The summed E-state index contributed by atoms with van der Waals surface area (Å²) < 4.78 is 2.08. The summed E-state index contributed by atoms with van der Waals surface area (Å²) in [5.74, 6) is 0.580. The summed E-state index contributed by atoms with van der Waals surface area (Å²) in [5.41, 5.74) is 10.4. The number of nitrogens with two attached hydrogens (primary N) is 1. The molecule has 0 aliphatic carbocycles. The molecule has 0 bridgehead atoms. The zero-order valence-electron chi connectivity index (χ0n) is 11.1. The fraction of sp³-hybridized carbons (Fsp3) is 0.286. The van der Waals surface area contributed by atoms with Gasteiger partial charge in [0.1, 0.15) is 0 Å². The summed E-state index contributed by atoms with van der Waals surface area (Å²) in [6.45, 7) is 4.93. The zero-order valence-corrected chi connectivity index (χ0v) is 11.9. The van der Waals surface area contributed by atoms with Crippen LogP contribution in [0.25, 0.3) is 11.0 Å². The standard InChI is InChI=1S/C14H16N4S/c1-9-4-3-5-12-13(9)18(14(15)17-12)7-6-11-8-19-10(2)16-11/h3-5,8H,6-7H2,1-2H3,(H2,15,17). The van der Waals surface area contributed by atoms with Gasteiger partial charge in [0, 0.05) is 18.3 Å². The summed E-state index contributed by atoms with van der Waals surface area (Å²) in [6, 6.07) is 6.10. The van der Waals surface area contributed by atoms with Crippen molar-refractivity contribution in [2.24, 2.45) is 0 Å². The average molecular weight is 272 g/mol. The first kappa shape index (κ1) is 12.2. The van der Waals surface area contributed by atoms with Gasteiger partial charge in [0.2, 0.25) is 5.95 Å². The summed E-state index contributed by atoms with van der Waals surface area (Å²) >= 11 is 1.69. The van der Waals surface area contributed by atoms with Crippen LogP contribution in [0.5, 0.6) is 0 Å². The van der Waals surface area contributed by atoms with Crippen LogP contribution in [-0.2, 0) is 13.0 Å². The highest BCUT2D eigenvalue weighted by Crippen LogP contribution is 2.22. The summed E-state index contributed by atoms with van der Waals surface area (Å²) in [6.07, 6.45) is 0.883. The first-order valence-electron chi connectivity index (χ1n) is 6.27. The topological polar surface area (TPSA) is 56.7 Å². The van der Waals surface area contributed by atoms with Crippen LogP contribution >= 0.6 is 11.3 Å². The van der Waals surface area contributed by atoms with Crippen LogP contribution in [0, 0.1) is 13.8 Å². The number of hydrogen-bond donors (Lipinski definition) is 1. The molecular formula is C14H16N4S. The van der Waals surface area contributed by atoms with Gasteiger partial charge in [-0.05, 0) is 25.5 Å². The lowest BCUT2D eigenvalue weighted by atomic mass is 10.2. The fourth-order valence-corrected chi connectivity index (χ4v) is 3.01. The molecule has 3 rings (SSSR count). The molecule has 2 aromatic heterocycles. The number of para-hydroxylation sites is 1. The lowest BCUT2D eigenvalue weighted by Gasteiger charge is -2.06. The van der Waals surface area contributed by atoms with Gasteiger partial charge in [-0.1, -0.05) is 12.1 Å². The minimum absolute atomic E-state index is 0.580. The van der Waals surface area contributed by atoms with E-state index in [0.29, 0.717) is 5.95 Å². The van der Waals surface area contributed by atoms with Crippen LogP contribution in [0.1, 0.15) is 16.3 Å². The fourth-order valence-electron chi connectivity index (χ4n) is 2.36. The second-order valence-electron chi connectivity index (χ2n) is 4.67. The van der Waals surface area contributed by atoms with Crippen molar-refractivity contribution in [2.75, 3.05) is 5.73 Å². The van der Waals surface area contributed by atoms with Crippen molar-refractivity contribution >= 4 is 28.3 Å². The van der Waals surface area contributed by atoms with E-state index in [4.69, 9.17) is 5.73 Å². The maximum absolute atomic E-state index is 6.03. The number of thiazole rings is 1. The van der Waals surface area contributed by atoms with E-state index < -0.39 is 0 Å². The summed E-state index contributed by atoms with van der Waals surface area (Å²) in [5, 5.41) is 3.21. The Balaban J connectivity index is 1.94. The van der Waals surface area contributed by atoms with Crippen LogP contribution < -0.4 is 5.73 Å². The minimum Gasteiger partial charge on any atom is -0.369 e. The molecule has 0 saturated heterocycles. The van der Waals surface area contributed by atoms with E-state index in [2.05, 4.69) is 32.9 Å². The van der Waals surface area contributed by atoms with E-state index in [9.17, 15) is 0 Å². The molecule has 98 valence electrons. The number of hydrogen-bond acceptors (Lipinski definition) is 4. The molecule has 19 heavy (non-hydrogen) atoms. The van der Waals surface area contributed by atoms with Gasteiger partial charge in [-0.3, -0.25) is 0 Å². The third kappa shape index (κ3) is 2.21. The molecule has 0 saturated carbocycles. The lowest BCUT2D eigenvalue weighted by Crippen LogP contribution is -2.06. The van der Waals surface area contributed by atoms with Gasteiger partial charge in [-0.2, -0.15) is 0 Å². The molecule has 2 N–H and O–H groups in total. The third-order valence-corrected chi connectivity index (χ3v) is 4.08. The Hall–Kier alpha value is -1.88. The number of nitrogens with zero attached hydrogens (tertiary/aromatic N) is 3. The van der Waals surface area contributed by atoms with E-state index in [0.717, 1.165) is 34.7 Å². The van der Waals surface area contributed by atoms with Crippen molar-refractivity contribution in [1.29, 1.82) is 0 Å². The Morgan fingerprint density at radius 3 is 2.84 bits per heavy atom. The van der Waals surface area contributed by atoms with Gasteiger partial charge < -0.3 is 10.3 Å². The number of nitrogen functional groups attached to an aromatic ring is 1. The molecule has 0 amide bonds. The van der Waals surface area contributed by atoms with Gasteiger partial charge in [0.05, 0.1) is 21.7 Å². The second kappa shape index (κ2) is 4.66. The molecule has 0 aliphatic rings. The number of anilines is 1. The first-order valence-corrected chi connectivity index (χ1v) is 7.15. The van der Waals surface area contributed by atoms with Crippen LogP contribution in [0.2, 0.25) is 0 Å². The number of fused-ring (bicyclic) bond motifs is 1. The molecule has 0 unspecified atom stereocenters. The Bertz CT molecular complexity index is 726. The largest absolute Gasteiger partial charge is 0.369 e. The summed E-state index contributed by atoms with van der Waals surface area (Å²) in [4.78, 5) is 8.90. The van der Waals surface area contributed by atoms with Gasteiger partial charge in [0.25, 0.3) is 0 Å². The van der Waals surface area contributed by atoms with E-state index in [1.165, 1.54) is 5.56 Å². The maximum Gasteiger partial charge on any atom is 0.201 e. The molecule has 2 heterocycles. The predicted octanol–water partition coefficient (Wildman–Crippen LogP) is 2.93. The number of benzene rings is 1. The first-order chi connectivity index (χ1) is 9.15.